The van der Waals surface area contributed by atoms with Gasteiger partial charge in [-0.2, -0.15) is 0 Å². The van der Waals surface area contributed by atoms with Gasteiger partial charge in [0.05, 0.1) is 0 Å². The van der Waals surface area contributed by atoms with Crippen LogP contribution in [0.5, 0.6) is 0 Å². The van der Waals surface area contributed by atoms with E-state index < -0.39 is 0 Å². The lowest BCUT2D eigenvalue weighted by Crippen LogP contribution is -2.35. The molecular formula is C14H22N4. The van der Waals surface area contributed by atoms with Crippen molar-refractivity contribution in [1.29, 1.82) is 0 Å². The summed E-state index contributed by atoms with van der Waals surface area (Å²) in [7, 11) is 1.92. The summed E-state index contributed by atoms with van der Waals surface area (Å²) in [6.45, 7) is 4.87. The normalized spacial score (nSPS) is 24.7. The van der Waals surface area contributed by atoms with Crippen LogP contribution in [0.1, 0.15) is 19.3 Å². The zero-order chi connectivity index (χ0) is 12.4. The molecule has 18 heavy (non-hydrogen) atoms. The van der Waals surface area contributed by atoms with Gasteiger partial charge in [-0.25, -0.2) is 4.98 Å². The SMILES string of the molecule is CNc1cccc(N2CCC(N3CCCC3)C2)n1. The molecule has 4 heteroatoms. The van der Waals surface area contributed by atoms with Gasteiger partial charge in [0.2, 0.25) is 0 Å². The zero-order valence-corrected chi connectivity index (χ0v) is 11.1. The third kappa shape index (κ3) is 2.29. The Morgan fingerprint density at radius 3 is 2.83 bits per heavy atom. The standard InChI is InChI=1S/C14H22N4/c1-15-13-5-4-6-14(16-13)18-10-7-12(11-18)17-8-2-3-9-17/h4-6,12H,2-3,7-11H2,1H3,(H,15,16). The lowest BCUT2D eigenvalue weighted by Gasteiger charge is -2.24. The zero-order valence-electron chi connectivity index (χ0n) is 11.1. The summed E-state index contributed by atoms with van der Waals surface area (Å²) in [5.74, 6) is 2.07. The Labute approximate surface area is 109 Å². The maximum Gasteiger partial charge on any atom is 0.131 e. The summed E-state index contributed by atoms with van der Waals surface area (Å²) in [4.78, 5) is 9.71. The van der Waals surface area contributed by atoms with Gasteiger partial charge in [0.15, 0.2) is 0 Å². The number of nitrogens with one attached hydrogen (secondary N) is 1. The van der Waals surface area contributed by atoms with Gasteiger partial charge in [0, 0.05) is 26.2 Å². The third-order valence-corrected chi connectivity index (χ3v) is 4.13. The van der Waals surface area contributed by atoms with Crippen LogP contribution < -0.4 is 10.2 Å². The Kier molecular flexibility index (Phi) is 3.37. The van der Waals surface area contributed by atoms with Crippen molar-refractivity contribution in [3.63, 3.8) is 0 Å². The van der Waals surface area contributed by atoms with E-state index in [1.807, 2.05) is 13.1 Å². The molecule has 0 radical (unpaired) electrons. The van der Waals surface area contributed by atoms with Crippen molar-refractivity contribution in [2.75, 3.05) is 43.4 Å². The molecule has 0 saturated carbocycles. The fraction of sp³-hybridized carbons (Fsp3) is 0.643. The highest BCUT2D eigenvalue weighted by molar-refractivity contribution is 5.47. The van der Waals surface area contributed by atoms with E-state index >= 15 is 0 Å². The Balaban J connectivity index is 1.67. The second kappa shape index (κ2) is 5.14. The van der Waals surface area contributed by atoms with Gasteiger partial charge in [-0.05, 0) is 44.5 Å². The topological polar surface area (TPSA) is 31.4 Å². The molecule has 0 amide bonds. The Morgan fingerprint density at radius 1 is 1.22 bits per heavy atom. The van der Waals surface area contributed by atoms with Gasteiger partial charge < -0.3 is 10.2 Å². The summed E-state index contributed by atoms with van der Waals surface area (Å²) in [5, 5.41) is 3.11. The molecule has 1 aromatic heterocycles. The second-order valence-electron chi connectivity index (χ2n) is 5.26. The molecule has 1 N–H and O–H groups in total. The quantitative estimate of drug-likeness (QED) is 0.881. The minimum Gasteiger partial charge on any atom is -0.373 e. The Bertz CT molecular complexity index is 401. The molecule has 0 spiro atoms. The average molecular weight is 246 g/mol. The molecule has 4 nitrogen and oxygen atoms in total. The van der Waals surface area contributed by atoms with Crippen LogP contribution in [0, 0.1) is 0 Å². The van der Waals surface area contributed by atoms with E-state index in [0.29, 0.717) is 0 Å². The molecule has 98 valence electrons. The van der Waals surface area contributed by atoms with Crippen LogP contribution in [0.4, 0.5) is 11.6 Å². The molecule has 3 rings (SSSR count). The molecule has 2 aliphatic rings. The molecule has 1 aromatic rings. The highest BCUT2D eigenvalue weighted by Gasteiger charge is 2.29. The van der Waals surface area contributed by atoms with Crippen molar-refractivity contribution >= 4 is 11.6 Å². The van der Waals surface area contributed by atoms with Crippen molar-refractivity contribution in [3.05, 3.63) is 18.2 Å². The van der Waals surface area contributed by atoms with Crippen molar-refractivity contribution in [3.8, 4) is 0 Å². The van der Waals surface area contributed by atoms with Crippen LogP contribution in [0.15, 0.2) is 18.2 Å². The van der Waals surface area contributed by atoms with E-state index in [4.69, 9.17) is 0 Å². The fourth-order valence-corrected chi connectivity index (χ4v) is 3.09. The number of anilines is 2. The van der Waals surface area contributed by atoms with E-state index in [-0.39, 0.29) is 0 Å². The fourth-order valence-electron chi connectivity index (χ4n) is 3.09. The molecular weight excluding hydrogens is 224 g/mol. The summed E-state index contributed by atoms with van der Waals surface area (Å²) < 4.78 is 0. The van der Waals surface area contributed by atoms with Gasteiger partial charge in [0.25, 0.3) is 0 Å². The molecule has 0 bridgehead atoms. The van der Waals surface area contributed by atoms with E-state index in [9.17, 15) is 0 Å². The first kappa shape index (κ1) is 11.8. The first-order valence-corrected chi connectivity index (χ1v) is 7.00. The molecule has 2 fully saturated rings. The first-order chi connectivity index (χ1) is 8.86. The number of rotatable bonds is 3. The minimum atomic E-state index is 0.743. The lowest BCUT2D eigenvalue weighted by atomic mass is 10.2. The summed E-state index contributed by atoms with van der Waals surface area (Å²) in [5.41, 5.74) is 0. The molecule has 0 aliphatic carbocycles. The summed E-state index contributed by atoms with van der Waals surface area (Å²) in [6, 6.07) is 6.95. The van der Waals surface area contributed by atoms with E-state index in [1.54, 1.807) is 0 Å². The van der Waals surface area contributed by atoms with Crippen LogP contribution in [0.25, 0.3) is 0 Å². The van der Waals surface area contributed by atoms with Gasteiger partial charge in [0.1, 0.15) is 11.6 Å². The Morgan fingerprint density at radius 2 is 2.06 bits per heavy atom. The van der Waals surface area contributed by atoms with Crippen LogP contribution in [0.2, 0.25) is 0 Å². The first-order valence-electron chi connectivity index (χ1n) is 7.00. The molecule has 1 atom stereocenters. The Hall–Kier alpha value is -1.29. The predicted octanol–water partition coefficient (Wildman–Crippen LogP) is 1.80. The van der Waals surface area contributed by atoms with Crippen LogP contribution in [-0.4, -0.2) is 49.2 Å². The highest BCUT2D eigenvalue weighted by atomic mass is 15.3. The van der Waals surface area contributed by atoms with Crippen molar-refractivity contribution in [1.82, 2.24) is 9.88 Å². The van der Waals surface area contributed by atoms with Crippen LogP contribution in [-0.2, 0) is 0 Å². The average Bonchev–Trinajstić information content (AvgIpc) is 3.09. The number of hydrogen-bond donors (Lipinski definition) is 1. The second-order valence-corrected chi connectivity index (χ2v) is 5.26. The van der Waals surface area contributed by atoms with E-state index in [0.717, 1.165) is 30.8 Å². The largest absolute Gasteiger partial charge is 0.373 e. The lowest BCUT2D eigenvalue weighted by molar-refractivity contribution is 0.260. The number of likely N-dealkylation sites (tertiary alicyclic amines) is 1. The maximum atomic E-state index is 4.63. The van der Waals surface area contributed by atoms with Crippen molar-refractivity contribution in [2.24, 2.45) is 0 Å². The van der Waals surface area contributed by atoms with Crippen molar-refractivity contribution in [2.45, 2.75) is 25.3 Å². The van der Waals surface area contributed by atoms with Crippen LogP contribution in [0.3, 0.4) is 0 Å². The molecule has 3 heterocycles. The third-order valence-electron chi connectivity index (χ3n) is 4.13. The molecule has 0 aromatic carbocycles. The number of pyridine rings is 1. The summed E-state index contributed by atoms with van der Waals surface area (Å²) in [6.07, 6.45) is 4.04. The van der Waals surface area contributed by atoms with Gasteiger partial charge in [-0.1, -0.05) is 6.07 Å². The highest BCUT2D eigenvalue weighted by Crippen LogP contribution is 2.24. The molecule has 1 unspecified atom stereocenters. The van der Waals surface area contributed by atoms with Crippen LogP contribution >= 0.6 is 0 Å². The summed E-state index contributed by atoms with van der Waals surface area (Å²) >= 11 is 0. The van der Waals surface area contributed by atoms with Crippen molar-refractivity contribution < 1.29 is 0 Å². The van der Waals surface area contributed by atoms with E-state index in [1.165, 1.54) is 32.4 Å². The number of aromatic nitrogens is 1. The minimum absolute atomic E-state index is 0.743. The molecule has 2 saturated heterocycles. The number of nitrogens with zero attached hydrogens (tertiary/aromatic N) is 3. The maximum absolute atomic E-state index is 4.63. The molecule has 2 aliphatic heterocycles. The smallest absolute Gasteiger partial charge is 0.131 e. The van der Waals surface area contributed by atoms with Gasteiger partial charge in [-0.3, -0.25) is 4.90 Å². The number of hydrogen-bond acceptors (Lipinski definition) is 4. The van der Waals surface area contributed by atoms with Gasteiger partial charge in [-0.15, -0.1) is 0 Å². The van der Waals surface area contributed by atoms with Gasteiger partial charge >= 0.3 is 0 Å². The monoisotopic (exact) mass is 246 g/mol. The predicted molar refractivity (Wildman–Crippen MR) is 75.2 cm³/mol. The van der Waals surface area contributed by atoms with E-state index in [2.05, 4.69) is 32.2 Å².